The summed E-state index contributed by atoms with van der Waals surface area (Å²) >= 11 is 0. The summed E-state index contributed by atoms with van der Waals surface area (Å²) in [4.78, 5) is 11.8. The van der Waals surface area contributed by atoms with Crippen LogP contribution in [0.3, 0.4) is 0 Å². The number of aliphatic hydroxyl groups excluding tert-OH is 1. The zero-order valence-corrected chi connectivity index (χ0v) is 28.4. The number of nitrogens with one attached hydrogen (secondary N) is 2. The molecule has 49 heavy (non-hydrogen) atoms. The monoisotopic (exact) mass is 676 g/mol. The van der Waals surface area contributed by atoms with Gasteiger partial charge in [-0.2, -0.15) is 0 Å². The summed E-state index contributed by atoms with van der Waals surface area (Å²) in [6.45, 7) is 3.50. The Labute approximate surface area is 286 Å². The number of aliphatic hydroxyl groups is 1. The first-order valence-corrected chi connectivity index (χ1v) is 18.0. The predicted molar refractivity (Wildman–Crippen MR) is 197 cm³/mol. The number of sulfonamides is 1. The van der Waals surface area contributed by atoms with Crippen LogP contribution in [0.1, 0.15) is 29.7 Å². The second-order valence-corrected chi connectivity index (χ2v) is 14.0. The van der Waals surface area contributed by atoms with Crippen LogP contribution in [-0.4, -0.2) is 50.0 Å². The molecule has 0 fully saturated rings. The molecule has 3 N–H and O–H groups in total. The maximum atomic E-state index is 12.7. The summed E-state index contributed by atoms with van der Waals surface area (Å²) in [5.74, 6) is 0.605. The lowest BCUT2D eigenvalue weighted by molar-refractivity contribution is -0.114. The van der Waals surface area contributed by atoms with Crippen molar-refractivity contribution in [1.82, 2.24) is 9.88 Å². The maximum Gasteiger partial charge on any atom is 0.232 e. The number of hydrogen-bond acceptors (Lipinski definition) is 6. The average Bonchev–Trinajstić information content (AvgIpc) is 3.38. The Morgan fingerprint density at radius 3 is 2.20 bits per heavy atom. The van der Waals surface area contributed by atoms with Crippen molar-refractivity contribution < 1.29 is 23.1 Å². The molecule has 0 bridgehead atoms. The number of hydrogen-bond donors (Lipinski definition) is 3. The average molecular weight is 677 g/mol. The van der Waals surface area contributed by atoms with E-state index in [9.17, 15) is 18.3 Å². The van der Waals surface area contributed by atoms with Gasteiger partial charge >= 0.3 is 0 Å². The van der Waals surface area contributed by atoms with Gasteiger partial charge in [-0.3, -0.25) is 9.10 Å². The van der Waals surface area contributed by atoms with E-state index >= 15 is 0 Å². The number of fused-ring (bicyclic) bond motifs is 3. The molecule has 0 saturated heterocycles. The lowest BCUT2D eigenvalue weighted by Gasteiger charge is -2.24. The van der Waals surface area contributed by atoms with Gasteiger partial charge in [0.1, 0.15) is 12.4 Å². The summed E-state index contributed by atoms with van der Waals surface area (Å²) in [5, 5.41) is 19.3. The van der Waals surface area contributed by atoms with Crippen molar-refractivity contribution in [3.8, 4) is 5.75 Å². The fraction of sp³-hybridized carbons (Fsp3) is 0.205. The Balaban J connectivity index is 1.11. The first kappa shape index (κ1) is 33.7. The molecule has 1 amide bonds. The zero-order valence-electron chi connectivity index (χ0n) is 27.5. The smallest absolute Gasteiger partial charge is 0.232 e. The van der Waals surface area contributed by atoms with E-state index in [4.69, 9.17) is 4.74 Å². The fourth-order valence-corrected chi connectivity index (χ4v) is 6.90. The second kappa shape index (κ2) is 14.9. The van der Waals surface area contributed by atoms with Crippen LogP contribution < -0.4 is 19.7 Å². The van der Waals surface area contributed by atoms with Crippen LogP contribution in [0.4, 0.5) is 11.4 Å². The standard InChI is InChI=1S/C39H40N4O5S/c1-28(44)41-32-16-18-35-36-19-17-34(24-38(36)42(37(35)23-32)26-29-10-5-3-6-11-29)48-21-20-40-25-39(45)31-14-9-15-33(22-31)43(49(2,46)47)27-30-12-7-4-8-13-30/h3-19,22-24,39-40,45H,20-21,25-27H2,1-2H3,(H,41,44)/t39-/m0/s1. The third-order valence-electron chi connectivity index (χ3n) is 8.34. The van der Waals surface area contributed by atoms with Gasteiger partial charge in [-0.25, -0.2) is 8.42 Å². The molecule has 6 aromatic rings. The molecule has 5 aromatic carbocycles. The van der Waals surface area contributed by atoms with Crippen LogP contribution in [0.15, 0.2) is 121 Å². The Bertz CT molecular complexity index is 2170. The number of ether oxygens (including phenoxy) is 1. The number of carbonyl (C=O) groups excluding carboxylic acids is 1. The Morgan fingerprint density at radius 1 is 0.837 bits per heavy atom. The molecule has 0 radical (unpaired) electrons. The van der Waals surface area contributed by atoms with Crippen molar-refractivity contribution in [2.75, 3.05) is 35.6 Å². The minimum absolute atomic E-state index is 0.118. The van der Waals surface area contributed by atoms with E-state index in [1.54, 1.807) is 24.3 Å². The van der Waals surface area contributed by atoms with Crippen LogP contribution in [0.5, 0.6) is 5.75 Å². The van der Waals surface area contributed by atoms with Crippen molar-refractivity contribution in [1.29, 1.82) is 0 Å². The lowest BCUT2D eigenvalue weighted by atomic mass is 10.1. The molecule has 0 aliphatic heterocycles. The van der Waals surface area contributed by atoms with Crippen molar-refractivity contribution in [3.63, 3.8) is 0 Å². The van der Waals surface area contributed by atoms with E-state index in [1.807, 2.05) is 78.9 Å². The summed E-state index contributed by atoms with van der Waals surface area (Å²) in [6.07, 6.45) is 0.344. The molecule has 6 rings (SSSR count). The third-order valence-corrected chi connectivity index (χ3v) is 9.48. The molecule has 0 unspecified atom stereocenters. The minimum atomic E-state index is -3.55. The molecule has 10 heteroatoms. The van der Waals surface area contributed by atoms with E-state index in [2.05, 4.69) is 33.4 Å². The normalized spacial score (nSPS) is 12.2. The van der Waals surface area contributed by atoms with Crippen LogP contribution in [-0.2, 0) is 27.9 Å². The van der Waals surface area contributed by atoms with Gasteiger partial charge in [0, 0.05) is 49.1 Å². The molecule has 0 spiro atoms. The first-order valence-electron chi connectivity index (χ1n) is 16.2. The third kappa shape index (κ3) is 8.29. The Kier molecular flexibility index (Phi) is 10.3. The van der Waals surface area contributed by atoms with Gasteiger partial charge in [-0.15, -0.1) is 0 Å². The van der Waals surface area contributed by atoms with Crippen LogP contribution in [0, 0.1) is 0 Å². The SMILES string of the molecule is CC(=O)Nc1ccc2c3ccc(OCCNC[C@H](O)c4cccc(N(Cc5ccccc5)S(C)(=O)=O)c4)cc3n(Cc3ccccc3)c2c1. The molecule has 0 saturated carbocycles. The number of carbonyl (C=O) groups is 1. The number of nitrogens with zero attached hydrogens (tertiary/aromatic N) is 2. The van der Waals surface area contributed by atoms with Crippen LogP contribution in [0.2, 0.25) is 0 Å². The van der Waals surface area contributed by atoms with Gasteiger partial charge in [-0.1, -0.05) is 78.9 Å². The van der Waals surface area contributed by atoms with Gasteiger partial charge in [0.25, 0.3) is 0 Å². The number of rotatable bonds is 14. The fourth-order valence-electron chi connectivity index (χ4n) is 6.02. The highest BCUT2D eigenvalue weighted by molar-refractivity contribution is 7.92. The number of anilines is 2. The summed E-state index contributed by atoms with van der Waals surface area (Å²) in [5.41, 5.74) is 5.92. The van der Waals surface area contributed by atoms with Gasteiger partial charge in [0.15, 0.2) is 0 Å². The van der Waals surface area contributed by atoms with E-state index < -0.39 is 16.1 Å². The second-order valence-electron chi connectivity index (χ2n) is 12.1. The largest absolute Gasteiger partial charge is 0.492 e. The molecule has 0 aliphatic rings. The van der Waals surface area contributed by atoms with Crippen LogP contribution >= 0.6 is 0 Å². The molecule has 1 heterocycles. The van der Waals surface area contributed by atoms with E-state index in [-0.39, 0.29) is 19.0 Å². The predicted octanol–water partition coefficient (Wildman–Crippen LogP) is 6.47. The van der Waals surface area contributed by atoms with Gasteiger partial charge < -0.3 is 25.0 Å². The number of aromatic nitrogens is 1. The molecule has 0 aliphatic carbocycles. The summed E-state index contributed by atoms with van der Waals surface area (Å²) < 4.78 is 35.1. The highest BCUT2D eigenvalue weighted by Crippen LogP contribution is 2.34. The lowest BCUT2D eigenvalue weighted by Crippen LogP contribution is -2.29. The quantitative estimate of drug-likeness (QED) is 0.114. The van der Waals surface area contributed by atoms with Crippen molar-refractivity contribution in [2.24, 2.45) is 0 Å². The van der Waals surface area contributed by atoms with Crippen LogP contribution in [0.25, 0.3) is 21.8 Å². The van der Waals surface area contributed by atoms with E-state index in [1.165, 1.54) is 17.5 Å². The Morgan fingerprint density at radius 2 is 1.51 bits per heavy atom. The summed E-state index contributed by atoms with van der Waals surface area (Å²) in [6, 6.07) is 38.7. The highest BCUT2D eigenvalue weighted by Gasteiger charge is 2.20. The molecular formula is C39H40N4O5S. The highest BCUT2D eigenvalue weighted by atomic mass is 32.2. The topological polar surface area (TPSA) is 113 Å². The number of amides is 1. The first-order chi connectivity index (χ1) is 23.7. The van der Waals surface area contributed by atoms with Gasteiger partial charge in [0.2, 0.25) is 15.9 Å². The van der Waals surface area contributed by atoms with Crippen molar-refractivity contribution in [2.45, 2.75) is 26.1 Å². The molecule has 9 nitrogen and oxygen atoms in total. The Hall–Kier alpha value is -5.16. The molecule has 252 valence electrons. The van der Waals surface area contributed by atoms with E-state index in [0.717, 1.165) is 44.4 Å². The van der Waals surface area contributed by atoms with Gasteiger partial charge in [0.05, 0.1) is 35.6 Å². The molecule has 1 aromatic heterocycles. The maximum absolute atomic E-state index is 12.7. The van der Waals surface area contributed by atoms with Crippen molar-refractivity contribution in [3.05, 3.63) is 138 Å². The summed E-state index contributed by atoms with van der Waals surface area (Å²) in [7, 11) is -3.55. The number of benzene rings is 5. The van der Waals surface area contributed by atoms with Gasteiger partial charge in [-0.05, 0) is 53.1 Å². The van der Waals surface area contributed by atoms with Crippen molar-refractivity contribution >= 4 is 49.1 Å². The van der Waals surface area contributed by atoms with E-state index in [0.29, 0.717) is 30.9 Å². The molecule has 1 atom stereocenters. The zero-order chi connectivity index (χ0) is 34.4. The molecular weight excluding hydrogens is 637 g/mol. The minimum Gasteiger partial charge on any atom is -0.492 e.